The molecule has 2 rings (SSSR count). The SMILES string of the molecule is N#Cc1cccc(OCC(CBr)c2ccccc2)c1. The first-order chi connectivity index (χ1) is 9.33. The van der Waals surface area contributed by atoms with Crippen LogP contribution in [0.1, 0.15) is 17.0 Å². The van der Waals surface area contributed by atoms with E-state index in [0.717, 1.165) is 11.1 Å². The predicted octanol–water partition coefficient (Wildman–Crippen LogP) is 4.12. The molecule has 0 aliphatic heterocycles. The van der Waals surface area contributed by atoms with Crippen LogP contribution in [0.4, 0.5) is 0 Å². The van der Waals surface area contributed by atoms with E-state index in [1.165, 1.54) is 5.56 Å². The lowest BCUT2D eigenvalue weighted by Crippen LogP contribution is -2.11. The van der Waals surface area contributed by atoms with Gasteiger partial charge in [0.1, 0.15) is 5.75 Å². The van der Waals surface area contributed by atoms with E-state index in [0.29, 0.717) is 18.1 Å². The molecule has 0 amide bonds. The second kappa shape index (κ2) is 6.96. The highest BCUT2D eigenvalue weighted by atomic mass is 79.9. The van der Waals surface area contributed by atoms with Crippen LogP contribution in [0.15, 0.2) is 54.6 Å². The van der Waals surface area contributed by atoms with Gasteiger partial charge in [0, 0.05) is 11.2 Å². The van der Waals surface area contributed by atoms with Crippen LogP contribution >= 0.6 is 15.9 Å². The second-order valence-corrected chi connectivity index (χ2v) is 4.86. The molecule has 0 bridgehead atoms. The molecule has 19 heavy (non-hydrogen) atoms. The quantitative estimate of drug-likeness (QED) is 0.778. The predicted molar refractivity (Wildman–Crippen MR) is 79.6 cm³/mol. The molecular weight excluding hydrogens is 302 g/mol. The van der Waals surface area contributed by atoms with Crippen LogP contribution in [-0.4, -0.2) is 11.9 Å². The fourth-order valence-corrected chi connectivity index (χ4v) is 2.37. The van der Waals surface area contributed by atoms with Crippen LogP contribution in [0, 0.1) is 11.3 Å². The van der Waals surface area contributed by atoms with Crippen LogP contribution in [0.5, 0.6) is 5.75 Å². The van der Waals surface area contributed by atoms with Gasteiger partial charge in [0.05, 0.1) is 18.2 Å². The van der Waals surface area contributed by atoms with E-state index in [9.17, 15) is 0 Å². The van der Waals surface area contributed by atoms with Crippen molar-refractivity contribution in [2.24, 2.45) is 0 Å². The Morgan fingerprint density at radius 1 is 1.11 bits per heavy atom. The van der Waals surface area contributed by atoms with Gasteiger partial charge >= 0.3 is 0 Å². The molecule has 2 aromatic rings. The molecule has 96 valence electrons. The zero-order chi connectivity index (χ0) is 13.5. The molecule has 1 atom stereocenters. The zero-order valence-electron chi connectivity index (χ0n) is 10.4. The van der Waals surface area contributed by atoms with E-state index in [-0.39, 0.29) is 0 Å². The Kier molecular flexibility index (Phi) is 5.00. The van der Waals surface area contributed by atoms with E-state index in [4.69, 9.17) is 10.00 Å². The Labute approximate surface area is 121 Å². The summed E-state index contributed by atoms with van der Waals surface area (Å²) in [7, 11) is 0. The minimum atomic E-state index is 0.298. The number of alkyl halides is 1. The standard InChI is InChI=1S/C16H14BrNO/c17-10-15(14-6-2-1-3-7-14)12-19-16-8-4-5-13(9-16)11-18/h1-9,15H,10,12H2. The lowest BCUT2D eigenvalue weighted by Gasteiger charge is -2.15. The van der Waals surface area contributed by atoms with Gasteiger partial charge in [-0.25, -0.2) is 0 Å². The minimum Gasteiger partial charge on any atom is -0.493 e. The Morgan fingerprint density at radius 2 is 1.89 bits per heavy atom. The summed E-state index contributed by atoms with van der Waals surface area (Å²) in [4.78, 5) is 0. The summed E-state index contributed by atoms with van der Waals surface area (Å²) in [5, 5.41) is 9.69. The van der Waals surface area contributed by atoms with E-state index in [1.54, 1.807) is 12.1 Å². The van der Waals surface area contributed by atoms with Crippen molar-refractivity contribution in [1.29, 1.82) is 5.26 Å². The number of ether oxygens (including phenoxy) is 1. The van der Waals surface area contributed by atoms with Crippen molar-refractivity contribution >= 4 is 15.9 Å². The number of halogens is 1. The third-order valence-corrected chi connectivity index (χ3v) is 3.65. The summed E-state index contributed by atoms with van der Waals surface area (Å²) >= 11 is 3.52. The summed E-state index contributed by atoms with van der Waals surface area (Å²) in [5.74, 6) is 1.04. The highest BCUT2D eigenvalue weighted by Gasteiger charge is 2.10. The van der Waals surface area contributed by atoms with Crippen molar-refractivity contribution in [2.75, 3.05) is 11.9 Å². The van der Waals surface area contributed by atoms with Crippen LogP contribution in [0.3, 0.4) is 0 Å². The minimum absolute atomic E-state index is 0.298. The van der Waals surface area contributed by atoms with E-state index in [1.807, 2.05) is 30.3 Å². The summed E-state index contributed by atoms with van der Waals surface area (Å²) < 4.78 is 5.77. The Hall–Kier alpha value is -1.79. The van der Waals surface area contributed by atoms with Crippen molar-refractivity contribution in [3.8, 4) is 11.8 Å². The maximum absolute atomic E-state index is 8.85. The molecule has 0 spiro atoms. The van der Waals surface area contributed by atoms with Gasteiger partial charge < -0.3 is 4.74 Å². The smallest absolute Gasteiger partial charge is 0.120 e. The molecule has 0 N–H and O–H groups in total. The lowest BCUT2D eigenvalue weighted by atomic mass is 10.0. The van der Waals surface area contributed by atoms with Gasteiger partial charge in [-0.15, -0.1) is 0 Å². The van der Waals surface area contributed by atoms with Gasteiger partial charge in [-0.05, 0) is 23.8 Å². The maximum Gasteiger partial charge on any atom is 0.120 e. The maximum atomic E-state index is 8.85. The lowest BCUT2D eigenvalue weighted by molar-refractivity contribution is 0.298. The number of hydrogen-bond acceptors (Lipinski definition) is 2. The molecule has 0 saturated carbocycles. The first-order valence-corrected chi connectivity index (χ1v) is 7.19. The van der Waals surface area contributed by atoms with Gasteiger partial charge in [0.15, 0.2) is 0 Å². The topological polar surface area (TPSA) is 33.0 Å². The Balaban J connectivity index is 2.02. The number of nitriles is 1. The highest BCUT2D eigenvalue weighted by molar-refractivity contribution is 9.09. The molecule has 0 aliphatic carbocycles. The first kappa shape index (κ1) is 13.6. The molecular formula is C16H14BrNO. The zero-order valence-corrected chi connectivity index (χ0v) is 12.0. The van der Waals surface area contributed by atoms with Crippen molar-refractivity contribution in [3.63, 3.8) is 0 Å². The van der Waals surface area contributed by atoms with Gasteiger partial charge in [-0.1, -0.05) is 52.3 Å². The number of hydrogen-bond donors (Lipinski definition) is 0. The summed E-state index contributed by atoms with van der Waals surface area (Å²) in [5.41, 5.74) is 1.86. The van der Waals surface area contributed by atoms with Crippen molar-refractivity contribution < 1.29 is 4.74 Å². The van der Waals surface area contributed by atoms with Crippen LogP contribution in [-0.2, 0) is 0 Å². The molecule has 0 heterocycles. The molecule has 0 aliphatic rings. The molecule has 0 radical (unpaired) electrons. The van der Waals surface area contributed by atoms with Gasteiger partial charge in [0.25, 0.3) is 0 Å². The summed E-state index contributed by atoms with van der Waals surface area (Å²) in [6.07, 6.45) is 0. The molecule has 0 aromatic heterocycles. The summed E-state index contributed by atoms with van der Waals surface area (Å²) in [6, 6.07) is 19.6. The van der Waals surface area contributed by atoms with E-state index in [2.05, 4.69) is 34.1 Å². The average molecular weight is 316 g/mol. The first-order valence-electron chi connectivity index (χ1n) is 6.07. The van der Waals surface area contributed by atoms with Gasteiger partial charge in [0.2, 0.25) is 0 Å². The normalized spacial score (nSPS) is 11.6. The fourth-order valence-electron chi connectivity index (χ4n) is 1.81. The number of benzene rings is 2. The molecule has 2 nitrogen and oxygen atoms in total. The van der Waals surface area contributed by atoms with Crippen molar-refractivity contribution in [3.05, 3.63) is 65.7 Å². The number of nitrogens with zero attached hydrogens (tertiary/aromatic N) is 1. The average Bonchev–Trinajstić information content (AvgIpc) is 2.49. The van der Waals surface area contributed by atoms with Crippen molar-refractivity contribution in [1.82, 2.24) is 0 Å². The van der Waals surface area contributed by atoms with E-state index < -0.39 is 0 Å². The Morgan fingerprint density at radius 3 is 2.58 bits per heavy atom. The molecule has 1 unspecified atom stereocenters. The van der Waals surface area contributed by atoms with Crippen LogP contribution < -0.4 is 4.74 Å². The second-order valence-electron chi connectivity index (χ2n) is 4.21. The highest BCUT2D eigenvalue weighted by Crippen LogP contribution is 2.20. The number of rotatable bonds is 5. The molecule has 3 heteroatoms. The molecule has 2 aromatic carbocycles. The molecule has 0 fully saturated rings. The largest absolute Gasteiger partial charge is 0.493 e. The van der Waals surface area contributed by atoms with Crippen molar-refractivity contribution in [2.45, 2.75) is 5.92 Å². The molecule has 0 saturated heterocycles. The monoisotopic (exact) mass is 315 g/mol. The van der Waals surface area contributed by atoms with E-state index >= 15 is 0 Å². The Bertz CT molecular complexity index is 562. The summed E-state index contributed by atoms with van der Waals surface area (Å²) in [6.45, 7) is 0.587. The van der Waals surface area contributed by atoms with Crippen LogP contribution in [0.2, 0.25) is 0 Å². The van der Waals surface area contributed by atoms with Crippen LogP contribution in [0.25, 0.3) is 0 Å². The van der Waals surface area contributed by atoms with Gasteiger partial charge in [-0.3, -0.25) is 0 Å². The third-order valence-electron chi connectivity index (χ3n) is 2.87. The third kappa shape index (κ3) is 3.84. The fraction of sp³-hybridized carbons (Fsp3) is 0.188. The van der Waals surface area contributed by atoms with Gasteiger partial charge in [-0.2, -0.15) is 5.26 Å².